The number of aromatic nitrogens is 2. The number of pyridine rings is 1. The maximum atomic E-state index is 10.6. The number of hydrogen-bond acceptors (Lipinski definition) is 4. The van der Waals surface area contributed by atoms with E-state index in [9.17, 15) is 10.1 Å². The van der Waals surface area contributed by atoms with Gasteiger partial charge in [-0.25, -0.2) is 4.98 Å². The van der Waals surface area contributed by atoms with Crippen LogP contribution in [0.15, 0.2) is 60.8 Å². The number of H-pyrrole nitrogens is 1. The van der Waals surface area contributed by atoms with Gasteiger partial charge in [0.1, 0.15) is 11.9 Å². The second-order valence-electron chi connectivity index (χ2n) is 5.09. The molecule has 0 aliphatic heterocycles. The highest BCUT2D eigenvalue weighted by Gasteiger charge is 2.08. The molecular weight excluding hydrogens is 294 g/mol. The van der Waals surface area contributed by atoms with Crippen LogP contribution in [0.2, 0.25) is 0 Å². The second kappa shape index (κ2) is 5.10. The minimum absolute atomic E-state index is 0.0663. The molecule has 0 amide bonds. The van der Waals surface area contributed by atoms with Crippen LogP contribution >= 0.6 is 0 Å². The van der Waals surface area contributed by atoms with Gasteiger partial charge in [-0.1, -0.05) is 18.2 Å². The van der Waals surface area contributed by atoms with Crippen LogP contribution in [0.4, 0.5) is 5.69 Å². The molecule has 0 bridgehead atoms. The van der Waals surface area contributed by atoms with Gasteiger partial charge in [0.2, 0.25) is 5.88 Å². The summed E-state index contributed by atoms with van der Waals surface area (Å²) in [4.78, 5) is 17.4. The van der Waals surface area contributed by atoms with Crippen molar-refractivity contribution in [2.45, 2.75) is 0 Å². The molecule has 2 heterocycles. The van der Waals surface area contributed by atoms with Gasteiger partial charge in [0.25, 0.3) is 5.69 Å². The van der Waals surface area contributed by atoms with Gasteiger partial charge in [-0.2, -0.15) is 0 Å². The van der Waals surface area contributed by atoms with Crippen LogP contribution < -0.4 is 4.74 Å². The molecule has 0 fully saturated rings. The van der Waals surface area contributed by atoms with Gasteiger partial charge < -0.3 is 9.72 Å². The third-order valence-electron chi connectivity index (χ3n) is 3.63. The van der Waals surface area contributed by atoms with Gasteiger partial charge in [0.15, 0.2) is 0 Å². The second-order valence-corrected chi connectivity index (χ2v) is 5.09. The molecule has 0 saturated heterocycles. The van der Waals surface area contributed by atoms with E-state index >= 15 is 0 Å². The minimum Gasteiger partial charge on any atom is -0.439 e. The fourth-order valence-electron chi connectivity index (χ4n) is 2.56. The third kappa shape index (κ3) is 2.36. The summed E-state index contributed by atoms with van der Waals surface area (Å²) < 4.78 is 5.66. The normalized spacial score (nSPS) is 11.0. The largest absolute Gasteiger partial charge is 0.439 e. The monoisotopic (exact) mass is 305 g/mol. The summed E-state index contributed by atoms with van der Waals surface area (Å²) in [5.41, 5.74) is 1.96. The topological polar surface area (TPSA) is 81.0 Å². The molecule has 6 heteroatoms. The Bertz CT molecular complexity index is 1020. The molecule has 4 rings (SSSR count). The van der Waals surface area contributed by atoms with Crippen LogP contribution in [0.5, 0.6) is 11.6 Å². The standard InChI is InChI=1S/C17H11N3O3/c21-20(22)11-5-8-17(18-10-11)23-12-6-7-14-13-3-1-2-4-15(13)19-16(14)9-12/h1-10,19H. The van der Waals surface area contributed by atoms with E-state index in [1.807, 2.05) is 36.4 Å². The quantitative estimate of drug-likeness (QED) is 0.449. The lowest BCUT2D eigenvalue weighted by atomic mass is 10.1. The maximum absolute atomic E-state index is 10.6. The van der Waals surface area contributed by atoms with E-state index in [4.69, 9.17) is 4.74 Å². The molecule has 0 saturated carbocycles. The summed E-state index contributed by atoms with van der Waals surface area (Å²) >= 11 is 0. The van der Waals surface area contributed by atoms with Crippen molar-refractivity contribution in [3.05, 3.63) is 70.9 Å². The maximum Gasteiger partial charge on any atom is 0.287 e. The Morgan fingerprint density at radius 2 is 1.83 bits per heavy atom. The van der Waals surface area contributed by atoms with Crippen molar-refractivity contribution >= 4 is 27.5 Å². The summed E-state index contributed by atoms with van der Waals surface area (Å²) in [7, 11) is 0. The first-order valence-electron chi connectivity index (χ1n) is 6.99. The van der Waals surface area contributed by atoms with Crippen LogP contribution in [0.1, 0.15) is 0 Å². The Morgan fingerprint density at radius 1 is 1.00 bits per heavy atom. The smallest absolute Gasteiger partial charge is 0.287 e. The molecule has 0 spiro atoms. The van der Waals surface area contributed by atoms with Crippen LogP contribution in [0.25, 0.3) is 21.8 Å². The number of fused-ring (bicyclic) bond motifs is 3. The number of nitro groups is 1. The molecule has 0 radical (unpaired) electrons. The molecule has 0 atom stereocenters. The van der Waals surface area contributed by atoms with Gasteiger partial charge in [0.05, 0.1) is 10.4 Å². The lowest BCUT2D eigenvalue weighted by Gasteiger charge is -2.04. The van der Waals surface area contributed by atoms with E-state index in [0.29, 0.717) is 11.6 Å². The van der Waals surface area contributed by atoms with Gasteiger partial charge in [0, 0.05) is 34.5 Å². The van der Waals surface area contributed by atoms with Crippen molar-refractivity contribution in [2.75, 3.05) is 0 Å². The first-order valence-corrected chi connectivity index (χ1v) is 6.99. The Morgan fingerprint density at radius 3 is 2.61 bits per heavy atom. The molecule has 0 aliphatic carbocycles. The Hall–Kier alpha value is -3.41. The minimum atomic E-state index is -0.493. The van der Waals surface area contributed by atoms with Gasteiger partial charge in [-0.15, -0.1) is 0 Å². The predicted octanol–water partition coefficient (Wildman–Crippen LogP) is 4.42. The fourth-order valence-corrected chi connectivity index (χ4v) is 2.56. The van der Waals surface area contributed by atoms with Gasteiger partial charge in [-0.05, 0) is 18.2 Å². The molecular formula is C17H11N3O3. The summed E-state index contributed by atoms with van der Waals surface area (Å²) in [6, 6.07) is 16.6. The number of aromatic amines is 1. The number of para-hydroxylation sites is 1. The van der Waals surface area contributed by atoms with Crippen molar-refractivity contribution in [1.29, 1.82) is 0 Å². The van der Waals surface area contributed by atoms with Crippen molar-refractivity contribution in [1.82, 2.24) is 9.97 Å². The molecule has 2 aromatic carbocycles. The first-order chi connectivity index (χ1) is 11.2. The lowest BCUT2D eigenvalue weighted by molar-refractivity contribution is -0.385. The highest BCUT2D eigenvalue weighted by atomic mass is 16.6. The highest BCUT2D eigenvalue weighted by Crippen LogP contribution is 2.30. The van der Waals surface area contributed by atoms with Gasteiger partial charge in [-0.3, -0.25) is 10.1 Å². The average Bonchev–Trinajstić information content (AvgIpc) is 2.93. The van der Waals surface area contributed by atoms with E-state index in [2.05, 4.69) is 16.0 Å². The number of rotatable bonds is 3. The molecule has 0 aliphatic rings. The third-order valence-corrected chi connectivity index (χ3v) is 3.63. The number of nitrogens with one attached hydrogen (secondary N) is 1. The summed E-state index contributed by atoms with van der Waals surface area (Å²) in [6.07, 6.45) is 1.18. The van der Waals surface area contributed by atoms with Gasteiger partial charge >= 0.3 is 0 Å². The SMILES string of the molecule is O=[N+]([O-])c1ccc(Oc2ccc3c(c2)[nH]c2ccccc23)nc1. The van der Waals surface area contributed by atoms with E-state index in [-0.39, 0.29) is 5.69 Å². The van der Waals surface area contributed by atoms with E-state index < -0.39 is 4.92 Å². The molecule has 4 aromatic rings. The molecule has 1 N–H and O–H groups in total. The zero-order valence-corrected chi connectivity index (χ0v) is 11.9. The molecule has 0 unspecified atom stereocenters. The van der Waals surface area contributed by atoms with Crippen molar-refractivity contribution in [3.8, 4) is 11.6 Å². The fraction of sp³-hybridized carbons (Fsp3) is 0. The zero-order chi connectivity index (χ0) is 15.8. The van der Waals surface area contributed by atoms with Crippen molar-refractivity contribution in [2.24, 2.45) is 0 Å². The molecule has 2 aromatic heterocycles. The zero-order valence-electron chi connectivity index (χ0n) is 11.9. The molecule has 6 nitrogen and oxygen atoms in total. The van der Waals surface area contributed by atoms with E-state index in [1.54, 1.807) is 0 Å². The molecule has 112 valence electrons. The highest BCUT2D eigenvalue weighted by molar-refractivity contribution is 6.07. The lowest BCUT2D eigenvalue weighted by Crippen LogP contribution is -1.91. The number of hydrogen-bond donors (Lipinski definition) is 1. The van der Waals surface area contributed by atoms with Crippen LogP contribution in [0, 0.1) is 10.1 Å². The average molecular weight is 305 g/mol. The number of benzene rings is 2. The molecule has 23 heavy (non-hydrogen) atoms. The summed E-state index contributed by atoms with van der Waals surface area (Å²) in [5.74, 6) is 0.927. The van der Waals surface area contributed by atoms with Crippen molar-refractivity contribution in [3.63, 3.8) is 0 Å². The van der Waals surface area contributed by atoms with Crippen molar-refractivity contribution < 1.29 is 9.66 Å². The predicted molar refractivity (Wildman–Crippen MR) is 86.8 cm³/mol. The first kappa shape index (κ1) is 13.3. The Kier molecular flexibility index (Phi) is 2.94. The van der Waals surface area contributed by atoms with Crippen LogP contribution in [-0.4, -0.2) is 14.9 Å². The Balaban J connectivity index is 1.69. The Labute approximate surface area is 130 Å². The van der Waals surface area contributed by atoms with E-state index in [0.717, 1.165) is 21.8 Å². The van der Waals surface area contributed by atoms with Crippen LogP contribution in [-0.2, 0) is 0 Å². The van der Waals surface area contributed by atoms with Crippen LogP contribution in [0.3, 0.4) is 0 Å². The van der Waals surface area contributed by atoms with E-state index in [1.165, 1.54) is 18.3 Å². The number of ether oxygens (including phenoxy) is 1. The summed E-state index contributed by atoms with van der Waals surface area (Å²) in [6.45, 7) is 0. The number of nitrogens with zero attached hydrogens (tertiary/aromatic N) is 2. The summed E-state index contributed by atoms with van der Waals surface area (Å²) in [5, 5.41) is 12.9.